The van der Waals surface area contributed by atoms with E-state index in [0.717, 1.165) is 27.6 Å². The van der Waals surface area contributed by atoms with Crippen molar-refractivity contribution in [2.24, 2.45) is 13.0 Å². The molecule has 4 aromatic rings. The summed E-state index contributed by atoms with van der Waals surface area (Å²) >= 11 is 0. The van der Waals surface area contributed by atoms with Crippen molar-refractivity contribution in [3.63, 3.8) is 0 Å². The van der Waals surface area contributed by atoms with Gasteiger partial charge in [0.25, 0.3) is 0 Å². The number of anilines is 1. The topological polar surface area (TPSA) is 101 Å². The van der Waals surface area contributed by atoms with E-state index in [1.807, 2.05) is 30.8 Å². The standard InChI is InChI=1S/C23H24F3N7O/c1-13(2)20(22(34)30-12-23(24,25)26)32-17-4-15(6-27-9-17)19-10-29-21-18(19)5-14(7-28-21)16-8-31-33(3)11-16/h4-11,13,20,32H,12H2,1-3H3,(H,28,29)(H,30,34). The Morgan fingerprint density at radius 1 is 1.12 bits per heavy atom. The second-order valence-electron chi connectivity index (χ2n) is 8.39. The van der Waals surface area contributed by atoms with Crippen LogP contribution in [0.2, 0.25) is 0 Å². The first-order valence-electron chi connectivity index (χ1n) is 10.6. The van der Waals surface area contributed by atoms with Gasteiger partial charge in [-0.15, -0.1) is 0 Å². The van der Waals surface area contributed by atoms with Crippen LogP contribution in [0.15, 0.2) is 49.3 Å². The maximum absolute atomic E-state index is 12.5. The molecule has 0 aliphatic carbocycles. The van der Waals surface area contributed by atoms with Gasteiger partial charge in [0, 0.05) is 65.7 Å². The minimum Gasteiger partial charge on any atom is -0.372 e. The van der Waals surface area contributed by atoms with Crippen LogP contribution in [-0.4, -0.2) is 49.4 Å². The smallest absolute Gasteiger partial charge is 0.372 e. The largest absolute Gasteiger partial charge is 0.405 e. The number of nitrogens with zero attached hydrogens (tertiary/aromatic N) is 4. The predicted molar refractivity (Wildman–Crippen MR) is 123 cm³/mol. The van der Waals surface area contributed by atoms with Gasteiger partial charge in [0.1, 0.15) is 18.2 Å². The molecule has 1 atom stereocenters. The molecular weight excluding hydrogens is 447 g/mol. The summed E-state index contributed by atoms with van der Waals surface area (Å²) in [5.41, 5.74) is 4.68. The number of H-pyrrole nitrogens is 1. The molecule has 0 spiro atoms. The number of aromatic nitrogens is 5. The molecule has 0 saturated heterocycles. The van der Waals surface area contributed by atoms with Crippen molar-refractivity contribution in [1.82, 2.24) is 30.0 Å². The maximum atomic E-state index is 12.5. The summed E-state index contributed by atoms with van der Waals surface area (Å²) in [6, 6.07) is 2.95. The molecule has 0 aromatic carbocycles. The van der Waals surface area contributed by atoms with Crippen LogP contribution in [-0.2, 0) is 11.8 Å². The first-order chi connectivity index (χ1) is 16.1. The molecule has 0 saturated carbocycles. The number of fused-ring (bicyclic) bond motifs is 1. The van der Waals surface area contributed by atoms with Gasteiger partial charge in [0.2, 0.25) is 5.91 Å². The highest BCUT2D eigenvalue weighted by Gasteiger charge is 2.30. The number of aryl methyl sites for hydroxylation is 1. The fourth-order valence-corrected chi connectivity index (χ4v) is 3.65. The molecule has 0 fully saturated rings. The Labute approximate surface area is 193 Å². The lowest BCUT2D eigenvalue weighted by atomic mass is 10.0. The van der Waals surface area contributed by atoms with Crippen LogP contribution in [0.25, 0.3) is 33.3 Å². The predicted octanol–water partition coefficient (Wildman–Crippen LogP) is 4.14. The summed E-state index contributed by atoms with van der Waals surface area (Å²) in [7, 11) is 1.84. The third-order valence-corrected chi connectivity index (χ3v) is 5.35. The highest BCUT2D eigenvalue weighted by Crippen LogP contribution is 2.32. The van der Waals surface area contributed by atoms with Crippen LogP contribution in [0.5, 0.6) is 0 Å². The van der Waals surface area contributed by atoms with Crippen molar-refractivity contribution >= 4 is 22.6 Å². The van der Waals surface area contributed by atoms with E-state index in [-0.39, 0.29) is 5.92 Å². The van der Waals surface area contributed by atoms with Gasteiger partial charge >= 0.3 is 6.18 Å². The van der Waals surface area contributed by atoms with Crippen LogP contribution in [0.1, 0.15) is 13.8 Å². The maximum Gasteiger partial charge on any atom is 0.405 e. The number of halogens is 3. The van der Waals surface area contributed by atoms with E-state index in [0.29, 0.717) is 11.3 Å². The lowest BCUT2D eigenvalue weighted by molar-refractivity contribution is -0.139. The third-order valence-electron chi connectivity index (χ3n) is 5.35. The SMILES string of the molecule is CC(C)C(Nc1cncc(-c2c[nH]c3ncc(-c4cnn(C)c4)cc23)c1)C(=O)NCC(F)(F)F. The quantitative estimate of drug-likeness (QED) is 0.376. The molecule has 4 rings (SSSR count). The van der Waals surface area contributed by atoms with Gasteiger partial charge in [0.15, 0.2) is 0 Å². The van der Waals surface area contributed by atoms with Crippen LogP contribution in [0, 0.1) is 5.92 Å². The van der Waals surface area contributed by atoms with Crippen molar-refractivity contribution in [1.29, 1.82) is 0 Å². The Morgan fingerprint density at radius 3 is 2.59 bits per heavy atom. The van der Waals surface area contributed by atoms with Gasteiger partial charge in [-0.25, -0.2) is 4.98 Å². The van der Waals surface area contributed by atoms with Crippen LogP contribution in [0.4, 0.5) is 18.9 Å². The van der Waals surface area contributed by atoms with E-state index in [1.54, 1.807) is 43.2 Å². The zero-order chi connectivity index (χ0) is 24.5. The number of carbonyl (C=O) groups excluding carboxylic acids is 1. The highest BCUT2D eigenvalue weighted by molar-refractivity contribution is 5.96. The molecule has 0 aliphatic rings. The molecular formula is C23H24F3N7O. The number of nitrogens with one attached hydrogen (secondary N) is 3. The van der Waals surface area contributed by atoms with Crippen LogP contribution < -0.4 is 10.6 Å². The van der Waals surface area contributed by atoms with Crippen molar-refractivity contribution in [3.05, 3.63) is 49.3 Å². The number of aromatic amines is 1. The zero-order valence-corrected chi connectivity index (χ0v) is 18.8. The molecule has 0 aliphatic heterocycles. The van der Waals surface area contributed by atoms with Gasteiger partial charge in [0.05, 0.1) is 11.9 Å². The Balaban J connectivity index is 1.61. The Kier molecular flexibility index (Phi) is 6.27. The van der Waals surface area contributed by atoms with Crippen molar-refractivity contribution < 1.29 is 18.0 Å². The molecule has 0 radical (unpaired) electrons. The van der Waals surface area contributed by atoms with Crippen molar-refractivity contribution in [2.45, 2.75) is 26.1 Å². The average Bonchev–Trinajstić information content (AvgIpc) is 3.41. The minimum absolute atomic E-state index is 0.254. The lowest BCUT2D eigenvalue weighted by Gasteiger charge is -2.23. The van der Waals surface area contributed by atoms with Gasteiger partial charge < -0.3 is 15.6 Å². The summed E-state index contributed by atoms with van der Waals surface area (Å²) in [4.78, 5) is 24.3. The van der Waals surface area contributed by atoms with Gasteiger partial charge in [-0.2, -0.15) is 18.3 Å². The first-order valence-corrected chi connectivity index (χ1v) is 10.6. The van der Waals surface area contributed by atoms with E-state index >= 15 is 0 Å². The van der Waals surface area contributed by atoms with Crippen molar-refractivity contribution in [2.75, 3.05) is 11.9 Å². The average molecular weight is 471 g/mol. The zero-order valence-electron chi connectivity index (χ0n) is 18.8. The van der Waals surface area contributed by atoms with Crippen molar-refractivity contribution in [3.8, 4) is 22.3 Å². The number of rotatable bonds is 7. The van der Waals surface area contributed by atoms with E-state index in [9.17, 15) is 18.0 Å². The fraction of sp³-hybridized carbons (Fsp3) is 0.304. The number of alkyl halides is 3. The summed E-state index contributed by atoms with van der Waals surface area (Å²) in [6.07, 6.45) is 5.98. The second-order valence-corrected chi connectivity index (χ2v) is 8.39. The summed E-state index contributed by atoms with van der Waals surface area (Å²) in [6.45, 7) is 2.14. The normalized spacial score (nSPS) is 12.8. The van der Waals surface area contributed by atoms with E-state index < -0.39 is 24.7 Å². The minimum atomic E-state index is -4.48. The number of hydrogen-bond donors (Lipinski definition) is 3. The summed E-state index contributed by atoms with van der Waals surface area (Å²) in [5, 5.41) is 10.1. The molecule has 0 bridgehead atoms. The Hall–Kier alpha value is -3.89. The van der Waals surface area contributed by atoms with Gasteiger partial charge in [-0.05, 0) is 18.1 Å². The summed E-state index contributed by atoms with van der Waals surface area (Å²) in [5.74, 6) is -0.980. The first kappa shape index (κ1) is 23.3. The van der Waals surface area contributed by atoms with Gasteiger partial charge in [-0.3, -0.25) is 14.5 Å². The number of hydrogen-bond acceptors (Lipinski definition) is 5. The molecule has 1 unspecified atom stereocenters. The third kappa shape index (κ3) is 5.19. The molecule has 34 heavy (non-hydrogen) atoms. The second kappa shape index (κ2) is 9.16. The lowest BCUT2D eigenvalue weighted by Crippen LogP contribution is -2.46. The number of amides is 1. The Bertz CT molecular complexity index is 1310. The fourth-order valence-electron chi connectivity index (χ4n) is 3.65. The molecule has 4 aromatic heterocycles. The molecule has 3 N–H and O–H groups in total. The highest BCUT2D eigenvalue weighted by atomic mass is 19.4. The Morgan fingerprint density at radius 2 is 1.91 bits per heavy atom. The molecule has 8 nitrogen and oxygen atoms in total. The van der Waals surface area contributed by atoms with Gasteiger partial charge in [-0.1, -0.05) is 13.8 Å². The monoisotopic (exact) mass is 471 g/mol. The number of pyridine rings is 2. The van der Waals surface area contributed by atoms with E-state index in [2.05, 4.69) is 25.4 Å². The van der Waals surface area contributed by atoms with Crippen LogP contribution >= 0.6 is 0 Å². The molecule has 178 valence electrons. The van der Waals surface area contributed by atoms with Crippen LogP contribution in [0.3, 0.4) is 0 Å². The molecule has 4 heterocycles. The van der Waals surface area contributed by atoms with E-state index in [4.69, 9.17) is 0 Å². The molecule has 1 amide bonds. The van der Waals surface area contributed by atoms with E-state index in [1.165, 1.54) is 6.20 Å². The summed E-state index contributed by atoms with van der Waals surface area (Å²) < 4.78 is 39.3. The number of carbonyl (C=O) groups is 1. The molecule has 11 heteroatoms.